The van der Waals surface area contributed by atoms with Crippen LogP contribution in [0.1, 0.15) is 342 Å². The maximum Gasteiger partial charge on any atom is 0.472 e. The smallest absolute Gasteiger partial charge is 0.463 e. The highest BCUT2D eigenvalue weighted by Crippen LogP contribution is 2.45. The second kappa shape index (κ2) is 82.6. The number of hydrogen-bond donors (Lipinski definition) is 4. The molecule has 5 atom stereocenters. The van der Waals surface area contributed by atoms with E-state index in [-0.39, 0.29) is 19.3 Å². The van der Waals surface area contributed by atoms with Gasteiger partial charge in [-0.25, -0.2) is 9.13 Å². The van der Waals surface area contributed by atoms with Crippen LogP contribution >= 0.6 is 15.6 Å². The molecule has 0 spiro atoms. The van der Waals surface area contributed by atoms with Gasteiger partial charge in [-0.2, -0.15) is 0 Å². The summed E-state index contributed by atoms with van der Waals surface area (Å²) in [6, 6.07) is 0. The summed E-state index contributed by atoms with van der Waals surface area (Å²) in [7, 11) is -9.81. The van der Waals surface area contributed by atoms with Crippen LogP contribution in [0.5, 0.6) is 0 Å². The van der Waals surface area contributed by atoms with Crippen molar-refractivity contribution in [2.24, 2.45) is 0 Å². The van der Waals surface area contributed by atoms with Crippen LogP contribution in [0.25, 0.3) is 0 Å². The summed E-state index contributed by atoms with van der Waals surface area (Å²) in [5, 5.41) is 20.7. The number of unbranched alkanes of at least 4 members (excludes halogenated alkanes) is 31. The number of ether oxygens (including phenoxy) is 3. The van der Waals surface area contributed by atoms with Crippen LogP contribution in [0.2, 0.25) is 0 Å². The van der Waals surface area contributed by atoms with Crippen LogP contribution in [0, 0.1) is 0 Å². The minimum atomic E-state index is -4.94. The SMILES string of the molecule is CC/C=C\C/C=C\C/C=C\C/C=C\C/C=C\C/C=C\CCCCCCCCCCCCC(=O)OCC(O)COP(=O)(O)OCC(O)COP(=O)(O)OCC(COC(=O)CCCCCCCCCCCCCCC/C=C\C/C=C\C/C=C\C/C=C\CCCCC)OC(=O)CCCCCCC/C=C\C/C=C\C/C=C\CC. The number of esters is 3. The average molecular weight is 1570 g/mol. The van der Waals surface area contributed by atoms with Crippen LogP contribution in [-0.4, -0.2) is 95.9 Å². The van der Waals surface area contributed by atoms with Gasteiger partial charge >= 0.3 is 33.6 Å². The second-order valence-corrected chi connectivity index (χ2v) is 31.1. The van der Waals surface area contributed by atoms with E-state index in [1.807, 2.05) is 0 Å². The molecule has 0 saturated carbocycles. The Bertz CT molecular complexity index is 2610. The summed E-state index contributed by atoms with van der Waals surface area (Å²) >= 11 is 0. The summed E-state index contributed by atoms with van der Waals surface area (Å²) < 4.78 is 61.3. The van der Waals surface area contributed by atoms with E-state index in [0.717, 1.165) is 173 Å². The topological polar surface area (TPSA) is 231 Å². The third kappa shape index (κ3) is 83.9. The van der Waals surface area contributed by atoms with Gasteiger partial charge in [-0.3, -0.25) is 32.5 Å². The van der Waals surface area contributed by atoms with Gasteiger partial charge in [0.2, 0.25) is 0 Å². The lowest BCUT2D eigenvalue weighted by Gasteiger charge is -2.21. The molecular formula is C91H154O16P2. The molecule has 0 fully saturated rings. The lowest BCUT2D eigenvalue weighted by molar-refractivity contribution is -0.161. The van der Waals surface area contributed by atoms with E-state index in [2.05, 4.69) is 179 Å². The van der Waals surface area contributed by atoms with E-state index >= 15 is 0 Å². The predicted molar refractivity (Wildman–Crippen MR) is 454 cm³/mol. The molecule has 0 bridgehead atoms. The molecule has 0 aliphatic heterocycles. The Kier molecular flexibility index (Phi) is 79.0. The Morgan fingerprint density at radius 2 is 0.486 bits per heavy atom. The number of phosphoric acid groups is 2. The predicted octanol–water partition coefficient (Wildman–Crippen LogP) is 25.8. The zero-order valence-corrected chi connectivity index (χ0v) is 70.2. The maximum absolute atomic E-state index is 13.0. The van der Waals surface area contributed by atoms with E-state index in [0.29, 0.717) is 19.3 Å². The second-order valence-electron chi connectivity index (χ2n) is 28.2. The first-order valence-corrected chi connectivity index (χ1v) is 45.8. The molecule has 0 heterocycles. The first-order chi connectivity index (χ1) is 53.2. The van der Waals surface area contributed by atoms with Crippen LogP contribution in [-0.2, 0) is 55.8 Å². The highest BCUT2D eigenvalue weighted by molar-refractivity contribution is 7.47. The number of rotatable bonds is 80. The molecule has 0 aromatic rings. The Hall–Kier alpha value is -4.83. The van der Waals surface area contributed by atoms with Gasteiger partial charge < -0.3 is 34.2 Å². The van der Waals surface area contributed by atoms with Gasteiger partial charge in [-0.1, -0.05) is 333 Å². The fraction of sp³-hybridized carbons (Fsp3) is 0.681. The van der Waals surface area contributed by atoms with E-state index in [1.165, 1.54) is 109 Å². The number of aliphatic hydroxyl groups excluding tert-OH is 2. The van der Waals surface area contributed by atoms with Gasteiger partial charge in [0.25, 0.3) is 0 Å². The largest absolute Gasteiger partial charge is 0.472 e. The molecule has 0 aliphatic rings. The highest BCUT2D eigenvalue weighted by atomic mass is 31.2. The van der Waals surface area contributed by atoms with E-state index in [4.69, 9.17) is 32.3 Å². The number of hydrogen-bond acceptors (Lipinski definition) is 14. The molecule has 109 heavy (non-hydrogen) atoms. The molecule has 0 amide bonds. The maximum atomic E-state index is 13.0. The molecule has 0 aromatic carbocycles. The Balaban J connectivity index is 4.54. The fourth-order valence-electron chi connectivity index (χ4n) is 11.3. The van der Waals surface area contributed by atoms with Crippen LogP contribution < -0.4 is 0 Å². The Labute approximate surface area is 663 Å². The van der Waals surface area contributed by atoms with Gasteiger partial charge in [-0.05, 0) is 148 Å². The van der Waals surface area contributed by atoms with Crippen molar-refractivity contribution in [2.75, 3.05) is 39.6 Å². The van der Waals surface area contributed by atoms with Crippen molar-refractivity contribution >= 4 is 33.6 Å². The van der Waals surface area contributed by atoms with Crippen molar-refractivity contribution in [3.8, 4) is 0 Å². The minimum absolute atomic E-state index is 0.0819. The summed E-state index contributed by atoms with van der Waals surface area (Å²) in [6.07, 6.45) is 104. The molecule has 624 valence electrons. The summed E-state index contributed by atoms with van der Waals surface area (Å²) in [5.41, 5.74) is 0. The summed E-state index contributed by atoms with van der Waals surface area (Å²) in [4.78, 5) is 58.8. The van der Waals surface area contributed by atoms with E-state index in [9.17, 15) is 43.5 Å². The molecule has 0 aliphatic carbocycles. The molecule has 18 heteroatoms. The van der Waals surface area contributed by atoms with Gasteiger partial charge in [-0.15, -0.1) is 0 Å². The van der Waals surface area contributed by atoms with Gasteiger partial charge in [0.05, 0.1) is 26.4 Å². The lowest BCUT2D eigenvalue weighted by atomic mass is 10.0. The van der Waals surface area contributed by atoms with E-state index < -0.39 is 91.5 Å². The number of carbonyl (C=O) groups is 3. The zero-order valence-electron chi connectivity index (χ0n) is 68.4. The number of allylic oxidation sites excluding steroid dienone is 26. The molecular weight excluding hydrogens is 1410 g/mol. The molecule has 0 radical (unpaired) electrons. The molecule has 0 aromatic heterocycles. The average Bonchev–Trinajstić information content (AvgIpc) is 0.903. The number of aliphatic hydroxyl groups is 2. The summed E-state index contributed by atoms with van der Waals surface area (Å²) in [6.45, 7) is 2.42. The van der Waals surface area contributed by atoms with Gasteiger partial charge in [0.1, 0.15) is 25.4 Å². The molecule has 5 unspecified atom stereocenters. The van der Waals surface area contributed by atoms with Gasteiger partial charge in [0, 0.05) is 19.3 Å². The molecule has 16 nitrogen and oxygen atoms in total. The molecule has 0 saturated heterocycles. The standard InChI is InChI=1S/C91H154O16P2/c1-4-7-10-13-16-19-22-25-28-30-32-34-36-38-40-42-44-46-48-50-52-54-57-59-62-65-68-71-74-77-89(94)101-80-86(92)81-103-108(97,98)104-82-87(93)83-105-109(99,100)106-85-88(107-91(96)79-76-73-70-67-64-61-56-27-24-21-18-15-12-9-6-3)84-102-90(95)78-75-72-69-66-63-60-58-55-53-51-49-47-45-43-41-39-37-35-33-31-29-26-23-20-17-14-11-8-5-2/h7,9-10,12,16-21,25-29,32-35,38-41,44,46,56,86-88,92-93H,4-6,8,11,13-15,22-24,30-31,36-37,42-43,45,47-55,57-85H2,1-3H3,(H,97,98)(H,99,100)/b10-7-,12-9-,19-16-,20-17-,21-18-,28-25-,29-26-,34-32-,35-33-,40-38-,41-39-,46-44-,56-27-. The quantitative estimate of drug-likeness (QED) is 0.0146. The fourth-order valence-corrected chi connectivity index (χ4v) is 12.9. The van der Waals surface area contributed by atoms with E-state index in [1.54, 1.807) is 0 Å². The Morgan fingerprint density at radius 1 is 0.266 bits per heavy atom. The van der Waals surface area contributed by atoms with Crippen molar-refractivity contribution < 1.29 is 75.8 Å². The van der Waals surface area contributed by atoms with Crippen LogP contribution in [0.3, 0.4) is 0 Å². The first kappa shape index (κ1) is 104. The zero-order chi connectivity index (χ0) is 79.4. The number of phosphoric ester groups is 2. The molecule has 0 rings (SSSR count). The molecule has 4 N–H and O–H groups in total. The van der Waals surface area contributed by atoms with Crippen molar-refractivity contribution in [1.82, 2.24) is 0 Å². The normalized spacial score (nSPS) is 14.7. The van der Waals surface area contributed by atoms with Crippen molar-refractivity contribution in [3.63, 3.8) is 0 Å². The van der Waals surface area contributed by atoms with Crippen molar-refractivity contribution in [2.45, 2.75) is 360 Å². The van der Waals surface area contributed by atoms with Crippen molar-refractivity contribution in [3.05, 3.63) is 158 Å². The number of carbonyl (C=O) groups excluding carboxylic acids is 3. The van der Waals surface area contributed by atoms with Crippen LogP contribution in [0.4, 0.5) is 0 Å². The first-order valence-electron chi connectivity index (χ1n) is 42.8. The van der Waals surface area contributed by atoms with Gasteiger partial charge in [0.15, 0.2) is 6.10 Å². The Morgan fingerprint density at radius 3 is 0.771 bits per heavy atom. The minimum Gasteiger partial charge on any atom is -0.463 e. The third-order valence-electron chi connectivity index (χ3n) is 17.7. The summed E-state index contributed by atoms with van der Waals surface area (Å²) in [5.74, 6) is -1.60. The van der Waals surface area contributed by atoms with Crippen LogP contribution in [0.15, 0.2) is 158 Å². The monoisotopic (exact) mass is 1570 g/mol. The van der Waals surface area contributed by atoms with Crippen molar-refractivity contribution in [1.29, 1.82) is 0 Å². The third-order valence-corrected chi connectivity index (χ3v) is 19.6. The lowest BCUT2D eigenvalue weighted by Crippen LogP contribution is -2.30. The highest BCUT2D eigenvalue weighted by Gasteiger charge is 2.29.